The zero-order valence-corrected chi connectivity index (χ0v) is 21.2. The minimum Gasteiger partial charge on any atom is -0.483 e. The van der Waals surface area contributed by atoms with Crippen LogP contribution in [0.4, 0.5) is 0 Å². The summed E-state index contributed by atoms with van der Waals surface area (Å²) in [5, 5.41) is 3.00. The lowest BCUT2D eigenvalue weighted by molar-refractivity contribution is -0.142. The maximum absolute atomic E-state index is 13.6. The van der Waals surface area contributed by atoms with Crippen LogP contribution < -0.4 is 10.1 Å². The minimum absolute atomic E-state index is 0.136. The van der Waals surface area contributed by atoms with E-state index in [2.05, 4.69) is 11.4 Å². The summed E-state index contributed by atoms with van der Waals surface area (Å²) < 4.78 is 6.02. The molecule has 0 unspecified atom stereocenters. The molecule has 5 heteroatoms. The van der Waals surface area contributed by atoms with E-state index < -0.39 is 6.04 Å². The van der Waals surface area contributed by atoms with Crippen LogP contribution in [0.25, 0.3) is 0 Å². The van der Waals surface area contributed by atoms with Crippen LogP contribution in [0.15, 0.2) is 72.8 Å². The summed E-state index contributed by atoms with van der Waals surface area (Å²) in [7, 11) is 0. The van der Waals surface area contributed by atoms with Crippen molar-refractivity contribution in [3.63, 3.8) is 0 Å². The Morgan fingerprint density at radius 1 is 0.914 bits per heavy atom. The number of benzene rings is 3. The Morgan fingerprint density at radius 2 is 1.54 bits per heavy atom. The largest absolute Gasteiger partial charge is 0.483 e. The van der Waals surface area contributed by atoms with Crippen LogP contribution in [0.3, 0.4) is 0 Å². The van der Waals surface area contributed by atoms with Gasteiger partial charge in [-0.2, -0.15) is 0 Å². The third kappa shape index (κ3) is 7.44. The summed E-state index contributed by atoms with van der Waals surface area (Å²) in [6.45, 7) is 8.81. The summed E-state index contributed by atoms with van der Waals surface area (Å²) in [5.74, 6) is 0.327. The lowest BCUT2D eigenvalue weighted by atomic mass is 10.0. The van der Waals surface area contributed by atoms with Crippen molar-refractivity contribution in [2.75, 3.05) is 13.2 Å². The normalized spacial score (nSPS) is 11.5. The van der Waals surface area contributed by atoms with Gasteiger partial charge in [0.15, 0.2) is 6.61 Å². The predicted octanol–water partition coefficient (Wildman–Crippen LogP) is 5.16. The van der Waals surface area contributed by atoms with Gasteiger partial charge < -0.3 is 15.0 Å². The van der Waals surface area contributed by atoms with Gasteiger partial charge in [0, 0.05) is 19.5 Å². The Morgan fingerprint density at radius 3 is 2.17 bits per heavy atom. The van der Waals surface area contributed by atoms with Crippen LogP contribution in [0, 0.1) is 20.8 Å². The van der Waals surface area contributed by atoms with Crippen LogP contribution in [0.2, 0.25) is 0 Å². The molecule has 0 spiro atoms. The molecule has 0 aliphatic rings. The number of hydrogen-bond acceptors (Lipinski definition) is 3. The fourth-order valence-corrected chi connectivity index (χ4v) is 4.07. The Bertz CT molecular complexity index is 1110. The van der Waals surface area contributed by atoms with Gasteiger partial charge in [-0.1, -0.05) is 73.7 Å². The van der Waals surface area contributed by atoms with Crippen molar-refractivity contribution in [2.24, 2.45) is 0 Å². The highest BCUT2D eigenvalue weighted by Gasteiger charge is 2.30. The maximum Gasteiger partial charge on any atom is 0.261 e. The molecule has 0 saturated carbocycles. The third-order valence-corrected chi connectivity index (χ3v) is 6.13. The molecule has 35 heavy (non-hydrogen) atoms. The van der Waals surface area contributed by atoms with E-state index in [0.29, 0.717) is 25.3 Å². The van der Waals surface area contributed by atoms with Gasteiger partial charge in [0.25, 0.3) is 5.91 Å². The van der Waals surface area contributed by atoms with Crippen molar-refractivity contribution in [3.8, 4) is 5.75 Å². The Balaban J connectivity index is 1.90. The summed E-state index contributed by atoms with van der Waals surface area (Å²) in [6.07, 6.45) is 1.25. The van der Waals surface area contributed by atoms with Crippen molar-refractivity contribution in [3.05, 3.63) is 101 Å². The lowest BCUT2D eigenvalue weighted by Gasteiger charge is -2.31. The van der Waals surface area contributed by atoms with Gasteiger partial charge in [0.2, 0.25) is 5.91 Å². The molecule has 0 heterocycles. The summed E-state index contributed by atoms with van der Waals surface area (Å²) in [5.41, 5.74) is 5.18. The van der Waals surface area contributed by atoms with Crippen molar-refractivity contribution in [1.82, 2.24) is 10.2 Å². The molecule has 1 N–H and O–H groups in total. The topological polar surface area (TPSA) is 58.6 Å². The number of rotatable bonds is 11. The fourth-order valence-electron chi connectivity index (χ4n) is 4.07. The quantitative estimate of drug-likeness (QED) is 0.420. The average Bonchev–Trinajstić information content (AvgIpc) is 2.87. The smallest absolute Gasteiger partial charge is 0.261 e. The van der Waals surface area contributed by atoms with E-state index in [9.17, 15) is 9.59 Å². The highest BCUT2D eigenvalue weighted by atomic mass is 16.5. The molecule has 0 aliphatic heterocycles. The van der Waals surface area contributed by atoms with Crippen molar-refractivity contribution >= 4 is 11.8 Å². The van der Waals surface area contributed by atoms with Gasteiger partial charge in [0.1, 0.15) is 11.8 Å². The number of amides is 2. The first kappa shape index (κ1) is 26.0. The van der Waals surface area contributed by atoms with Gasteiger partial charge in [-0.25, -0.2) is 0 Å². The van der Waals surface area contributed by atoms with Crippen LogP contribution in [-0.2, 0) is 22.6 Å². The first-order chi connectivity index (χ1) is 16.9. The molecule has 1 atom stereocenters. The summed E-state index contributed by atoms with van der Waals surface area (Å²) >= 11 is 0. The fraction of sp³-hybridized carbons (Fsp3) is 0.333. The van der Waals surface area contributed by atoms with Crippen molar-refractivity contribution in [2.45, 2.75) is 53.1 Å². The molecule has 0 bridgehead atoms. The van der Waals surface area contributed by atoms with Crippen molar-refractivity contribution < 1.29 is 14.3 Å². The molecule has 0 aromatic heterocycles. The average molecular weight is 473 g/mol. The SMILES string of the molecule is CCCNC(=O)[C@H](Cc1ccccc1)N(Cc1ccccc1)C(=O)COc1cc(C)cc(C)c1C. The minimum atomic E-state index is -0.652. The second-order valence-corrected chi connectivity index (χ2v) is 9.00. The van der Waals surface area contributed by atoms with E-state index in [0.717, 1.165) is 34.2 Å². The van der Waals surface area contributed by atoms with Crippen LogP contribution in [-0.4, -0.2) is 35.9 Å². The van der Waals surface area contributed by atoms with Gasteiger partial charge in [-0.3, -0.25) is 9.59 Å². The van der Waals surface area contributed by atoms with E-state index in [1.165, 1.54) is 0 Å². The standard InChI is InChI=1S/C30H36N2O3/c1-5-16-31-30(34)27(19-25-12-8-6-9-13-25)32(20-26-14-10-7-11-15-26)29(33)21-35-28-18-22(2)17-23(3)24(28)4/h6-15,17-18,27H,5,16,19-21H2,1-4H3,(H,31,34)/t27-/m0/s1. The molecule has 184 valence electrons. The molecule has 0 saturated heterocycles. The Hall–Kier alpha value is -3.60. The molecule has 0 radical (unpaired) electrons. The Labute approximate surface area is 209 Å². The highest BCUT2D eigenvalue weighted by Crippen LogP contribution is 2.24. The summed E-state index contributed by atoms with van der Waals surface area (Å²) in [4.78, 5) is 28.6. The number of aryl methyl sites for hydroxylation is 2. The summed E-state index contributed by atoms with van der Waals surface area (Å²) in [6, 6.07) is 23.0. The zero-order valence-electron chi connectivity index (χ0n) is 21.2. The second-order valence-electron chi connectivity index (χ2n) is 9.00. The predicted molar refractivity (Wildman–Crippen MR) is 140 cm³/mol. The zero-order chi connectivity index (χ0) is 25.2. The van der Waals surface area contributed by atoms with E-state index in [1.54, 1.807) is 4.90 Å². The molecule has 2 amide bonds. The van der Waals surface area contributed by atoms with E-state index >= 15 is 0 Å². The molecule has 3 rings (SSSR count). The van der Waals surface area contributed by atoms with E-state index in [1.807, 2.05) is 94.4 Å². The number of carbonyl (C=O) groups is 2. The van der Waals surface area contributed by atoms with Crippen LogP contribution in [0.1, 0.15) is 41.2 Å². The van der Waals surface area contributed by atoms with Crippen LogP contribution >= 0.6 is 0 Å². The molecule has 3 aromatic carbocycles. The third-order valence-electron chi connectivity index (χ3n) is 6.13. The van der Waals surface area contributed by atoms with Crippen LogP contribution in [0.5, 0.6) is 5.75 Å². The first-order valence-corrected chi connectivity index (χ1v) is 12.2. The first-order valence-electron chi connectivity index (χ1n) is 12.2. The molecule has 0 aliphatic carbocycles. The number of carbonyl (C=O) groups excluding carboxylic acids is 2. The second kappa shape index (κ2) is 12.7. The molecule has 5 nitrogen and oxygen atoms in total. The number of nitrogens with one attached hydrogen (secondary N) is 1. The van der Waals surface area contributed by atoms with Gasteiger partial charge in [-0.05, 0) is 61.1 Å². The number of nitrogens with zero attached hydrogens (tertiary/aromatic N) is 1. The Kier molecular flexibility index (Phi) is 9.47. The highest BCUT2D eigenvalue weighted by molar-refractivity contribution is 5.88. The molecular weight excluding hydrogens is 436 g/mol. The number of ether oxygens (including phenoxy) is 1. The van der Waals surface area contributed by atoms with E-state index in [4.69, 9.17) is 4.74 Å². The maximum atomic E-state index is 13.6. The molecule has 3 aromatic rings. The molecule has 0 fully saturated rings. The van der Waals surface area contributed by atoms with Gasteiger partial charge >= 0.3 is 0 Å². The van der Waals surface area contributed by atoms with Gasteiger partial charge in [-0.15, -0.1) is 0 Å². The lowest BCUT2D eigenvalue weighted by Crippen LogP contribution is -2.51. The van der Waals surface area contributed by atoms with E-state index in [-0.39, 0.29) is 18.4 Å². The van der Waals surface area contributed by atoms with Gasteiger partial charge in [0.05, 0.1) is 0 Å². The number of hydrogen-bond donors (Lipinski definition) is 1. The van der Waals surface area contributed by atoms with Crippen molar-refractivity contribution in [1.29, 1.82) is 0 Å². The molecular formula is C30H36N2O3. The monoisotopic (exact) mass is 472 g/mol.